The monoisotopic (exact) mass is 429 g/mol. The van der Waals surface area contributed by atoms with Crippen LogP contribution in [0.3, 0.4) is 0 Å². The third-order valence-electron chi connectivity index (χ3n) is 3.70. The minimum Gasteiger partial charge on any atom is -0.506 e. The fourth-order valence-electron chi connectivity index (χ4n) is 2.25. The van der Waals surface area contributed by atoms with Crippen molar-refractivity contribution in [1.82, 2.24) is 0 Å². The first-order chi connectivity index (χ1) is 13.8. The number of hydrogen-bond donors (Lipinski definition) is 3. The van der Waals surface area contributed by atoms with E-state index in [0.29, 0.717) is 16.3 Å². The predicted octanol–water partition coefficient (Wildman–Crippen LogP) is 4.25. The van der Waals surface area contributed by atoms with Crippen LogP contribution in [0.5, 0.6) is 5.75 Å². The van der Waals surface area contributed by atoms with E-state index in [1.165, 1.54) is 42.5 Å². The van der Waals surface area contributed by atoms with Crippen LogP contribution in [0.25, 0.3) is 0 Å². The molecular weight excluding hydrogens is 414 g/mol. The van der Waals surface area contributed by atoms with Crippen LogP contribution < -0.4 is 10.6 Å². The van der Waals surface area contributed by atoms with Gasteiger partial charge in [0.05, 0.1) is 10.6 Å². The molecule has 0 spiro atoms. The second-order valence-corrected chi connectivity index (χ2v) is 7.81. The second-order valence-electron chi connectivity index (χ2n) is 5.82. The molecule has 0 amide bonds. The Kier molecular flexibility index (Phi) is 6.23. The molecule has 148 valence electrons. The maximum atomic E-state index is 11.3. The summed E-state index contributed by atoms with van der Waals surface area (Å²) in [6.07, 6.45) is 0. The molecule has 0 heterocycles. The molecule has 0 saturated heterocycles. The molecular formula is C19H16ClN5O3S. The van der Waals surface area contributed by atoms with Crippen molar-refractivity contribution in [2.75, 3.05) is 5.43 Å². The average molecular weight is 430 g/mol. The number of nitrogens with zero attached hydrogens (tertiary/aromatic N) is 3. The normalized spacial score (nSPS) is 12.3. The molecule has 0 aromatic heterocycles. The van der Waals surface area contributed by atoms with E-state index in [2.05, 4.69) is 20.8 Å². The van der Waals surface area contributed by atoms with E-state index in [1.54, 1.807) is 12.1 Å². The molecule has 0 fully saturated rings. The van der Waals surface area contributed by atoms with Crippen LogP contribution in [-0.4, -0.2) is 19.4 Å². The number of sulfonamides is 1. The Balaban J connectivity index is 1.90. The van der Waals surface area contributed by atoms with E-state index in [1.807, 2.05) is 18.2 Å². The van der Waals surface area contributed by atoms with E-state index in [4.69, 9.17) is 16.7 Å². The number of primary sulfonamides is 1. The molecule has 0 aliphatic carbocycles. The van der Waals surface area contributed by atoms with Gasteiger partial charge in [-0.25, -0.2) is 13.6 Å². The third kappa shape index (κ3) is 5.61. The van der Waals surface area contributed by atoms with Crippen molar-refractivity contribution < 1.29 is 13.5 Å². The number of nitrogens with one attached hydrogen (secondary N) is 1. The molecule has 0 radical (unpaired) electrons. The quantitative estimate of drug-likeness (QED) is 0.242. The lowest BCUT2D eigenvalue weighted by Crippen LogP contribution is -2.11. The molecule has 0 saturated carbocycles. The summed E-state index contributed by atoms with van der Waals surface area (Å²) in [7, 11) is -3.77. The summed E-state index contributed by atoms with van der Waals surface area (Å²) in [5.41, 5.74) is 4.18. The fourth-order valence-corrected chi connectivity index (χ4v) is 2.93. The molecule has 29 heavy (non-hydrogen) atoms. The summed E-state index contributed by atoms with van der Waals surface area (Å²) in [5.74, 6) is 0.164. The standard InChI is InChI=1S/C19H16ClN5O3S/c20-14-6-11-18(26)17(12-14)23-25-19(13-4-2-1-3-5-13)24-22-15-7-9-16(10-8-15)29(21,27)28/h1-12,22,26H,(H2,21,27,28). The summed E-state index contributed by atoms with van der Waals surface area (Å²) < 4.78 is 22.7. The maximum Gasteiger partial charge on any atom is 0.238 e. The highest BCUT2D eigenvalue weighted by molar-refractivity contribution is 7.89. The van der Waals surface area contributed by atoms with Crippen molar-refractivity contribution in [2.24, 2.45) is 20.5 Å². The number of anilines is 1. The molecule has 0 aliphatic rings. The molecule has 3 aromatic carbocycles. The van der Waals surface area contributed by atoms with E-state index < -0.39 is 10.0 Å². The number of phenols is 1. The highest BCUT2D eigenvalue weighted by Crippen LogP contribution is 2.29. The molecule has 0 unspecified atom stereocenters. The fraction of sp³-hybridized carbons (Fsp3) is 0. The van der Waals surface area contributed by atoms with Crippen LogP contribution in [0, 0.1) is 0 Å². The largest absolute Gasteiger partial charge is 0.506 e. The van der Waals surface area contributed by atoms with Crippen LogP contribution in [0.1, 0.15) is 5.56 Å². The Morgan fingerprint density at radius 1 is 1.00 bits per heavy atom. The van der Waals surface area contributed by atoms with E-state index >= 15 is 0 Å². The summed E-state index contributed by atoms with van der Waals surface area (Å²) in [5, 5.41) is 27.8. The number of azo groups is 1. The van der Waals surface area contributed by atoms with E-state index in [0.717, 1.165) is 0 Å². The van der Waals surface area contributed by atoms with Gasteiger partial charge in [-0.3, -0.25) is 5.43 Å². The Morgan fingerprint density at radius 3 is 2.34 bits per heavy atom. The topological polar surface area (TPSA) is 130 Å². The summed E-state index contributed by atoms with van der Waals surface area (Å²) in [6, 6.07) is 19.3. The highest BCUT2D eigenvalue weighted by Gasteiger charge is 2.07. The van der Waals surface area contributed by atoms with Crippen LogP contribution in [-0.2, 0) is 10.0 Å². The number of benzene rings is 3. The molecule has 0 aliphatic heterocycles. The van der Waals surface area contributed by atoms with Gasteiger partial charge < -0.3 is 5.11 Å². The zero-order valence-electron chi connectivity index (χ0n) is 14.9. The Bertz CT molecular complexity index is 1160. The van der Waals surface area contributed by atoms with Crippen molar-refractivity contribution >= 4 is 38.8 Å². The number of halogens is 1. The molecule has 3 aromatic rings. The van der Waals surface area contributed by atoms with Gasteiger partial charge in [0.25, 0.3) is 0 Å². The SMILES string of the molecule is NS(=O)(=O)c1ccc(NN=C(N=Nc2cc(Cl)ccc2O)c2ccccc2)cc1. The van der Waals surface area contributed by atoms with E-state index in [9.17, 15) is 13.5 Å². The highest BCUT2D eigenvalue weighted by atomic mass is 35.5. The Morgan fingerprint density at radius 2 is 1.69 bits per heavy atom. The third-order valence-corrected chi connectivity index (χ3v) is 4.86. The van der Waals surface area contributed by atoms with Gasteiger partial charge in [0.2, 0.25) is 15.9 Å². The number of hydrazone groups is 1. The van der Waals surface area contributed by atoms with Crippen LogP contribution >= 0.6 is 11.6 Å². The van der Waals surface area contributed by atoms with Gasteiger partial charge >= 0.3 is 0 Å². The van der Waals surface area contributed by atoms with Crippen LogP contribution in [0.4, 0.5) is 11.4 Å². The number of amidine groups is 1. The lowest BCUT2D eigenvalue weighted by atomic mass is 10.2. The second kappa shape index (κ2) is 8.82. The van der Waals surface area contributed by atoms with Crippen molar-refractivity contribution in [2.45, 2.75) is 4.90 Å². The van der Waals surface area contributed by atoms with E-state index in [-0.39, 0.29) is 22.2 Å². The Labute approximate surface area is 172 Å². The van der Waals surface area contributed by atoms with Gasteiger partial charge in [-0.15, -0.1) is 10.2 Å². The lowest BCUT2D eigenvalue weighted by molar-refractivity contribution is 0.476. The van der Waals surface area contributed by atoms with Gasteiger partial charge in [0.1, 0.15) is 11.4 Å². The molecule has 0 atom stereocenters. The predicted molar refractivity (Wildman–Crippen MR) is 112 cm³/mol. The van der Waals surface area contributed by atoms with Crippen molar-refractivity contribution in [3.63, 3.8) is 0 Å². The van der Waals surface area contributed by atoms with Crippen molar-refractivity contribution in [3.05, 3.63) is 83.4 Å². The summed E-state index contributed by atoms with van der Waals surface area (Å²) >= 11 is 5.93. The molecule has 0 bridgehead atoms. The molecule has 3 rings (SSSR count). The van der Waals surface area contributed by atoms with Gasteiger partial charge in [0, 0.05) is 10.6 Å². The molecule has 8 nitrogen and oxygen atoms in total. The summed E-state index contributed by atoms with van der Waals surface area (Å²) in [6.45, 7) is 0. The lowest BCUT2D eigenvalue weighted by Gasteiger charge is -2.05. The first-order valence-corrected chi connectivity index (χ1v) is 10.2. The average Bonchev–Trinajstić information content (AvgIpc) is 2.71. The van der Waals surface area contributed by atoms with Crippen LogP contribution in [0.2, 0.25) is 5.02 Å². The van der Waals surface area contributed by atoms with Gasteiger partial charge in [0.15, 0.2) is 0 Å². The molecule has 10 heteroatoms. The van der Waals surface area contributed by atoms with Crippen molar-refractivity contribution in [1.29, 1.82) is 0 Å². The van der Waals surface area contributed by atoms with Gasteiger partial charge in [-0.05, 0) is 42.5 Å². The Hall–Kier alpha value is -3.27. The number of hydrogen-bond acceptors (Lipinski definition) is 6. The smallest absolute Gasteiger partial charge is 0.238 e. The minimum atomic E-state index is -3.77. The first-order valence-electron chi connectivity index (χ1n) is 8.25. The number of phenolic OH excluding ortho intramolecular Hbond substituents is 1. The number of aromatic hydroxyl groups is 1. The van der Waals surface area contributed by atoms with Gasteiger partial charge in [-0.1, -0.05) is 41.9 Å². The number of nitrogens with two attached hydrogens (primary N) is 1. The number of rotatable bonds is 5. The zero-order chi connectivity index (χ0) is 20.9. The first kappa shape index (κ1) is 20.5. The zero-order valence-corrected chi connectivity index (χ0v) is 16.5. The minimum absolute atomic E-state index is 0.00793. The van der Waals surface area contributed by atoms with Gasteiger partial charge in [-0.2, -0.15) is 5.10 Å². The maximum absolute atomic E-state index is 11.3. The molecule has 4 N–H and O–H groups in total. The summed E-state index contributed by atoms with van der Waals surface area (Å²) in [4.78, 5) is -0.00793. The van der Waals surface area contributed by atoms with Crippen LogP contribution in [0.15, 0.2) is 93.0 Å². The van der Waals surface area contributed by atoms with Crippen molar-refractivity contribution in [3.8, 4) is 5.75 Å².